The minimum atomic E-state index is -2.06. The zero-order chi connectivity index (χ0) is 18.5. The van der Waals surface area contributed by atoms with E-state index in [0.29, 0.717) is 0 Å². The number of pyridine rings is 2. The average Bonchev–Trinajstić information content (AvgIpc) is 3.01. The van der Waals surface area contributed by atoms with Gasteiger partial charge in [0.05, 0.1) is 0 Å². The van der Waals surface area contributed by atoms with Crippen LogP contribution in [0.4, 0.5) is 35.1 Å². The Kier molecular flexibility index (Phi) is 3.85. The third kappa shape index (κ3) is 2.56. The highest BCUT2D eigenvalue weighted by atomic mass is 19.2. The van der Waals surface area contributed by atoms with Gasteiger partial charge in [-0.15, -0.1) is 10.2 Å². The Balaban J connectivity index is 2.22. The molecule has 3 heterocycles. The molecule has 0 saturated heterocycles. The molecule has 130 valence electrons. The number of nitrogens with zero attached hydrogens (tertiary/aromatic N) is 4. The lowest BCUT2D eigenvalue weighted by molar-refractivity contribution is 0.402. The molecule has 0 bridgehead atoms. The molecule has 3 rings (SSSR count). The molecule has 0 unspecified atom stereocenters. The summed E-state index contributed by atoms with van der Waals surface area (Å²) in [5, 5.41) is 5.90. The Morgan fingerprint density at radius 1 is 0.480 bits per heavy atom. The molecular formula is C12F8N4O. The minimum absolute atomic E-state index is 1.26. The van der Waals surface area contributed by atoms with E-state index >= 15 is 0 Å². The highest BCUT2D eigenvalue weighted by Gasteiger charge is 2.30. The first-order valence-electron chi connectivity index (χ1n) is 5.96. The summed E-state index contributed by atoms with van der Waals surface area (Å²) in [6.45, 7) is 0. The molecule has 5 nitrogen and oxygen atoms in total. The van der Waals surface area contributed by atoms with Crippen LogP contribution in [0.5, 0.6) is 0 Å². The Labute approximate surface area is 131 Å². The Bertz CT molecular complexity index is 875. The van der Waals surface area contributed by atoms with Crippen LogP contribution in [-0.4, -0.2) is 20.2 Å². The summed E-state index contributed by atoms with van der Waals surface area (Å²) in [5.41, 5.74) is -3.06. The van der Waals surface area contributed by atoms with E-state index < -0.39 is 70.0 Å². The molecule has 13 heteroatoms. The molecule has 0 saturated carbocycles. The van der Waals surface area contributed by atoms with Gasteiger partial charge in [0.2, 0.25) is 0 Å². The highest BCUT2D eigenvalue weighted by molar-refractivity contribution is 5.59. The molecule has 0 atom stereocenters. The average molecular weight is 368 g/mol. The predicted octanol–water partition coefficient (Wildman–Crippen LogP) is 3.31. The SMILES string of the molecule is Fc1nc(F)c(F)c(-c2nnc(-c3c(F)c(F)nc(F)c3F)o2)c1F. The van der Waals surface area contributed by atoms with Gasteiger partial charge in [-0.3, -0.25) is 0 Å². The summed E-state index contributed by atoms with van der Waals surface area (Å²) in [6, 6.07) is 0. The summed E-state index contributed by atoms with van der Waals surface area (Å²) in [7, 11) is 0. The molecule has 0 amide bonds. The molecule has 0 spiro atoms. The van der Waals surface area contributed by atoms with Gasteiger partial charge in [-0.2, -0.15) is 27.5 Å². The van der Waals surface area contributed by atoms with E-state index in [1.807, 2.05) is 0 Å². The largest absolute Gasteiger partial charge is 0.416 e. The van der Waals surface area contributed by atoms with E-state index in [0.717, 1.165) is 0 Å². The second kappa shape index (κ2) is 5.75. The lowest BCUT2D eigenvalue weighted by Gasteiger charge is -2.02. The van der Waals surface area contributed by atoms with Crippen LogP contribution in [0.25, 0.3) is 22.9 Å². The Morgan fingerprint density at radius 3 is 1.04 bits per heavy atom. The third-order valence-electron chi connectivity index (χ3n) is 2.85. The minimum Gasteiger partial charge on any atom is -0.416 e. The van der Waals surface area contributed by atoms with E-state index in [9.17, 15) is 35.1 Å². The van der Waals surface area contributed by atoms with E-state index in [2.05, 4.69) is 24.6 Å². The highest BCUT2D eigenvalue weighted by Crippen LogP contribution is 2.32. The normalized spacial score (nSPS) is 11.2. The summed E-state index contributed by atoms with van der Waals surface area (Å²) in [4.78, 5) is 4.55. The van der Waals surface area contributed by atoms with Crippen molar-refractivity contribution < 1.29 is 39.5 Å². The van der Waals surface area contributed by atoms with E-state index in [4.69, 9.17) is 0 Å². The van der Waals surface area contributed by atoms with Crippen LogP contribution in [0.15, 0.2) is 4.42 Å². The van der Waals surface area contributed by atoms with Crippen LogP contribution in [0.3, 0.4) is 0 Å². The fourth-order valence-electron chi connectivity index (χ4n) is 1.77. The first kappa shape index (κ1) is 16.7. The summed E-state index contributed by atoms with van der Waals surface area (Å²) >= 11 is 0. The van der Waals surface area contributed by atoms with Gasteiger partial charge < -0.3 is 4.42 Å². The van der Waals surface area contributed by atoms with Crippen molar-refractivity contribution in [1.29, 1.82) is 0 Å². The fourth-order valence-corrected chi connectivity index (χ4v) is 1.77. The lowest BCUT2D eigenvalue weighted by atomic mass is 10.2. The number of rotatable bonds is 2. The van der Waals surface area contributed by atoms with Gasteiger partial charge in [0.25, 0.3) is 35.6 Å². The van der Waals surface area contributed by atoms with Crippen LogP contribution in [0.2, 0.25) is 0 Å². The van der Waals surface area contributed by atoms with Crippen LogP contribution < -0.4 is 0 Å². The Hall–Kier alpha value is -3.12. The van der Waals surface area contributed by atoms with Gasteiger partial charge in [-0.1, -0.05) is 0 Å². The van der Waals surface area contributed by atoms with Crippen molar-refractivity contribution in [3.05, 3.63) is 47.1 Å². The van der Waals surface area contributed by atoms with Gasteiger partial charge in [-0.25, -0.2) is 17.6 Å². The Morgan fingerprint density at radius 2 is 0.760 bits per heavy atom. The van der Waals surface area contributed by atoms with E-state index in [1.54, 1.807) is 0 Å². The van der Waals surface area contributed by atoms with Crippen LogP contribution in [0, 0.1) is 47.1 Å². The maximum Gasteiger partial charge on any atom is 0.254 e. The van der Waals surface area contributed by atoms with Crippen LogP contribution in [0.1, 0.15) is 0 Å². The lowest BCUT2D eigenvalue weighted by Crippen LogP contribution is -2.03. The maximum absolute atomic E-state index is 13.6. The number of halogens is 8. The fraction of sp³-hybridized carbons (Fsp3) is 0. The van der Waals surface area contributed by atoms with Crippen molar-refractivity contribution in [2.75, 3.05) is 0 Å². The number of aromatic nitrogens is 4. The summed E-state index contributed by atoms with van der Waals surface area (Å²) in [5.74, 6) is -18.9. The van der Waals surface area contributed by atoms with E-state index in [1.165, 1.54) is 0 Å². The van der Waals surface area contributed by atoms with Crippen molar-refractivity contribution in [3.8, 4) is 22.9 Å². The molecule has 3 aromatic rings. The van der Waals surface area contributed by atoms with Gasteiger partial charge in [-0.05, 0) is 0 Å². The van der Waals surface area contributed by atoms with Crippen molar-refractivity contribution >= 4 is 0 Å². The first-order valence-corrected chi connectivity index (χ1v) is 5.96. The summed E-state index contributed by atoms with van der Waals surface area (Å²) < 4.78 is 111. The predicted molar refractivity (Wildman–Crippen MR) is 60.4 cm³/mol. The third-order valence-corrected chi connectivity index (χ3v) is 2.85. The second-order valence-corrected chi connectivity index (χ2v) is 4.31. The van der Waals surface area contributed by atoms with Crippen LogP contribution >= 0.6 is 0 Å². The molecule has 0 radical (unpaired) electrons. The van der Waals surface area contributed by atoms with Gasteiger partial charge in [0.1, 0.15) is 11.1 Å². The molecule has 25 heavy (non-hydrogen) atoms. The van der Waals surface area contributed by atoms with Crippen molar-refractivity contribution in [1.82, 2.24) is 20.2 Å². The van der Waals surface area contributed by atoms with Crippen molar-refractivity contribution in [2.45, 2.75) is 0 Å². The molecule has 0 N–H and O–H groups in total. The maximum atomic E-state index is 13.6. The molecule has 0 aromatic carbocycles. The zero-order valence-corrected chi connectivity index (χ0v) is 11.2. The molecule has 3 aromatic heterocycles. The van der Waals surface area contributed by atoms with Gasteiger partial charge >= 0.3 is 0 Å². The topological polar surface area (TPSA) is 64.7 Å². The number of hydrogen-bond donors (Lipinski definition) is 0. The number of hydrogen-bond acceptors (Lipinski definition) is 5. The van der Waals surface area contributed by atoms with Gasteiger partial charge in [0.15, 0.2) is 23.3 Å². The van der Waals surface area contributed by atoms with Crippen LogP contribution in [-0.2, 0) is 0 Å². The van der Waals surface area contributed by atoms with Gasteiger partial charge in [0, 0.05) is 0 Å². The zero-order valence-electron chi connectivity index (χ0n) is 11.2. The summed E-state index contributed by atoms with van der Waals surface area (Å²) in [6.07, 6.45) is 0. The first-order chi connectivity index (χ1) is 11.7. The molecule has 0 fully saturated rings. The molecule has 0 aliphatic rings. The molecular weight excluding hydrogens is 368 g/mol. The monoisotopic (exact) mass is 368 g/mol. The molecule has 0 aliphatic heterocycles. The molecule has 0 aliphatic carbocycles. The standard InChI is InChI=1S/C12F8N4O/c13-3-1(4(14)8(18)21-7(3)17)11-23-24-12(25-11)2-5(15)9(19)22-10(20)6(2)16. The quantitative estimate of drug-likeness (QED) is 0.513. The smallest absolute Gasteiger partial charge is 0.254 e. The van der Waals surface area contributed by atoms with Crippen molar-refractivity contribution in [2.24, 2.45) is 0 Å². The second-order valence-electron chi connectivity index (χ2n) is 4.31. The van der Waals surface area contributed by atoms with E-state index in [-0.39, 0.29) is 0 Å². The van der Waals surface area contributed by atoms with Crippen molar-refractivity contribution in [3.63, 3.8) is 0 Å².